The topological polar surface area (TPSA) is 38.3 Å². The second kappa shape index (κ2) is 5.46. The van der Waals surface area contributed by atoms with Crippen molar-refractivity contribution < 1.29 is 9.53 Å². The molecular formula is C15H14ClNO2S. The Kier molecular flexibility index (Phi) is 3.68. The number of hydrogen-bond acceptors (Lipinski definition) is 3. The van der Waals surface area contributed by atoms with Crippen LogP contribution in [-0.2, 0) is 11.2 Å². The van der Waals surface area contributed by atoms with Gasteiger partial charge in [0, 0.05) is 18.9 Å². The molecule has 1 aromatic carbocycles. The molecule has 104 valence electrons. The first-order valence-corrected chi connectivity index (χ1v) is 7.71. The van der Waals surface area contributed by atoms with Gasteiger partial charge >= 0.3 is 0 Å². The van der Waals surface area contributed by atoms with Crippen LogP contribution in [0.1, 0.15) is 12.5 Å². The van der Waals surface area contributed by atoms with Crippen LogP contribution in [0.15, 0.2) is 29.0 Å². The highest BCUT2D eigenvalue weighted by atomic mass is 35.5. The molecule has 1 aliphatic heterocycles. The van der Waals surface area contributed by atoms with E-state index in [2.05, 4.69) is 22.8 Å². The number of ether oxygens (including phenoxy) is 1. The first-order valence-electron chi connectivity index (χ1n) is 6.39. The van der Waals surface area contributed by atoms with E-state index in [1.54, 1.807) is 11.3 Å². The van der Waals surface area contributed by atoms with Crippen molar-refractivity contribution in [1.29, 1.82) is 0 Å². The van der Waals surface area contributed by atoms with Crippen molar-refractivity contribution in [2.45, 2.75) is 19.4 Å². The van der Waals surface area contributed by atoms with Crippen LogP contribution in [-0.4, -0.2) is 18.6 Å². The summed E-state index contributed by atoms with van der Waals surface area (Å²) >= 11 is 7.97. The minimum Gasteiger partial charge on any atom is -0.486 e. The number of halogens is 1. The molecule has 1 N–H and O–H groups in total. The first kappa shape index (κ1) is 13.5. The molecule has 0 aliphatic carbocycles. The lowest BCUT2D eigenvalue weighted by Crippen LogP contribution is -2.32. The summed E-state index contributed by atoms with van der Waals surface area (Å²) in [6.07, 6.45) is 0.733. The molecule has 0 saturated carbocycles. The molecular weight excluding hydrogens is 294 g/mol. The Morgan fingerprint density at radius 3 is 3.05 bits per heavy atom. The monoisotopic (exact) mass is 307 g/mol. The van der Waals surface area contributed by atoms with E-state index in [0.717, 1.165) is 23.3 Å². The fourth-order valence-electron chi connectivity index (χ4n) is 2.35. The predicted molar refractivity (Wildman–Crippen MR) is 81.6 cm³/mol. The molecule has 0 radical (unpaired) electrons. The molecule has 5 heteroatoms. The van der Waals surface area contributed by atoms with Gasteiger partial charge in [-0.1, -0.05) is 11.6 Å². The van der Waals surface area contributed by atoms with E-state index in [4.69, 9.17) is 16.3 Å². The second-order valence-electron chi connectivity index (χ2n) is 4.84. The molecule has 1 aliphatic rings. The lowest BCUT2D eigenvalue weighted by Gasteiger charge is -2.11. The molecule has 1 aromatic heterocycles. The molecule has 1 atom stereocenters. The summed E-state index contributed by atoms with van der Waals surface area (Å²) in [5, 5.41) is 7.56. The van der Waals surface area contributed by atoms with Crippen LogP contribution >= 0.6 is 22.9 Å². The van der Waals surface area contributed by atoms with Gasteiger partial charge in [-0.15, -0.1) is 0 Å². The van der Waals surface area contributed by atoms with Crippen LogP contribution in [0.3, 0.4) is 0 Å². The van der Waals surface area contributed by atoms with E-state index in [9.17, 15) is 4.79 Å². The van der Waals surface area contributed by atoms with Crippen molar-refractivity contribution in [1.82, 2.24) is 5.32 Å². The molecule has 0 saturated heterocycles. The van der Waals surface area contributed by atoms with Gasteiger partial charge in [-0.05, 0) is 40.1 Å². The Morgan fingerprint density at radius 2 is 2.35 bits per heavy atom. The average Bonchev–Trinajstić information content (AvgIpc) is 3.05. The zero-order chi connectivity index (χ0) is 14.1. The molecule has 3 nitrogen and oxygen atoms in total. The number of hydrogen-bond donors (Lipinski definition) is 1. The fourth-order valence-corrected chi connectivity index (χ4v) is 3.30. The molecule has 0 fully saturated rings. The van der Waals surface area contributed by atoms with Crippen molar-refractivity contribution >= 4 is 28.8 Å². The van der Waals surface area contributed by atoms with Crippen LogP contribution in [0.25, 0.3) is 11.1 Å². The van der Waals surface area contributed by atoms with Gasteiger partial charge in [-0.3, -0.25) is 4.79 Å². The quantitative estimate of drug-likeness (QED) is 0.942. The van der Waals surface area contributed by atoms with Crippen molar-refractivity contribution in [3.63, 3.8) is 0 Å². The largest absolute Gasteiger partial charge is 0.486 e. The van der Waals surface area contributed by atoms with E-state index < -0.39 is 0 Å². The Hall–Kier alpha value is -1.52. The summed E-state index contributed by atoms with van der Waals surface area (Å²) in [6.45, 7) is 2.01. The third-order valence-electron chi connectivity index (χ3n) is 3.29. The van der Waals surface area contributed by atoms with Crippen LogP contribution in [0.4, 0.5) is 0 Å². The van der Waals surface area contributed by atoms with Crippen LogP contribution in [0.5, 0.6) is 5.75 Å². The normalized spacial score (nSPS) is 16.6. The van der Waals surface area contributed by atoms with Gasteiger partial charge in [-0.2, -0.15) is 11.3 Å². The van der Waals surface area contributed by atoms with E-state index in [1.165, 1.54) is 12.5 Å². The zero-order valence-electron chi connectivity index (χ0n) is 11.0. The third kappa shape index (κ3) is 2.67. The highest BCUT2D eigenvalue weighted by Crippen LogP contribution is 2.39. The molecule has 3 rings (SSSR count). The number of carbonyl (C=O) groups is 1. The number of fused-ring (bicyclic) bond motifs is 1. The molecule has 2 aromatic rings. The maximum atomic E-state index is 11.0. The fraction of sp³-hybridized carbons (Fsp3) is 0.267. The summed E-state index contributed by atoms with van der Waals surface area (Å²) < 4.78 is 5.82. The van der Waals surface area contributed by atoms with Crippen LogP contribution in [0, 0.1) is 0 Å². The number of benzene rings is 1. The van der Waals surface area contributed by atoms with E-state index in [1.807, 2.05) is 11.4 Å². The lowest BCUT2D eigenvalue weighted by atomic mass is 10.0. The number of carbonyl (C=O) groups excluding carboxylic acids is 1. The van der Waals surface area contributed by atoms with Gasteiger partial charge in [0.15, 0.2) is 0 Å². The van der Waals surface area contributed by atoms with Gasteiger partial charge in [-0.25, -0.2) is 0 Å². The van der Waals surface area contributed by atoms with Gasteiger partial charge in [0.2, 0.25) is 5.91 Å². The highest BCUT2D eigenvalue weighted by molar-refractivity contribution is 7.08. The number of nitrogens with one attached hydrogen (secondary N) is 1. The minimum atomic E-state index is -0.0467. The smallest absolute Gasteiger partial charge is 0.217 e. The highest BCUT2D eigenvalue weighted by Gasteiger charge is 2.26. The van der Waals surface area contributed by atoms with Crippen LogP contribution in [0.2, 0.25) is 5.02 Å². The number of thiophene rings is 1. The number of amides is 1. The van der Waals surface area contributed by atoms with E-state index in [0.29, 0.717) is 11.6 Å². The Balaban J connectivity index is 1.83. The van der Waals surface area contributed by atoms with Crippen molar-refractivity contribution in [2.75, 3.05) is 6.54 Å². The SMILES string of the molecule is CC(=O)NCC1Cc2cc(-c3ccsc3)cc(Cl)c2O1. The van der Waals surface area contributed by atoms with Gasteiger partial charge in [0.05, 0.1) is 11.6 Å². The minimum absolute atomic E-state index is 0.0378. The van der Waals surface area contributed by atoms with E-state index in [-0.39, 0.29) is 12.0 Å². The van der Waals surface area contributed by atoms with Gasteiger partial charge in [0.1, 0.15) is 11.9 Å². The summed E-state index contributed by atoms with van der Waals surface area (Å²) in [5.74, 6) is 0.704. The third-order valence-corrected chi connectivity index (χ3v) is 4.25. The average molecular weight is 308 g/mol. The number of rotatable bonds is 3. The Morgan fingerprint density at radius 1 is 1.50 bits per heavy atom. The molecule has 20 heavy (non-hydrogen) atoms. The maximum absolute atomic E-state index is 11.0. The summed E-state index contributed by atoms with van der Waals surface area (Å²) in [5.41, 5.74) is 3.39. The molecule has 1 unspecified atom stereocenters. The van der Waals surface area contributed by atoms with E-state index >= 15 is 0 Å². The van der Waals surface area contributed by atoms with Crippen molar-refractivity contribution in [2.24, 2.45) is 0 Å². The second-order valence-corrected chi connectivity index (χ2v) is 6.03. The molecule has 0 spiro atoms. The summed E-state index contributed by atoms with van der Waals surface area (Å²) in [4.78, 5) is 11.0. The molecule has 1 amide bonds. The maximum Gasteiger partial charge on any atom is 0.217 e. The molecule has 2 heterocycles. The first-order chi connectivity index (χ1) is 9.63. The molecule has 0 bridgehead atoms. The predicted octanol–water partition coefficient (Wildman–Crippen LogP) is 3.51. The summed E-state index contributed by atoms with van der Waals surface area (Å²) in [6, 6.07) is 6.13. The van der Waals surface area contributed by atoms with Crippen LogP contribution < -0.4 is 10.1 Å². The van der Waals surface area contributed by atoms with Crippen molar-refractivity contribution in [3.05, 3.63) is 39.5 Å². The summed E-state index contributed by atoms with van der Waals surface area (Å²) in [7, 11) is 0. The Labute approximate surface area is 126 Å². The van der Waals surface area contributed by atoms with Gasteiger partial charge < -0.3 is 10.1 Å². The van der Waals surface area contributed by atoms with Crippen molar-refractivity contribution in [3.8, 4) is 16.9 Å². The zero-order valence-corrected chi connectivity index (χ0v) is 12.6. The van der Waals surface area contributed by atoms with Gasteiger partial charge in [0.25, 0.3) is 0 Å². The Bertz CT molecular complexity index is 640. The standard InChI is InChI=1S/C15H14ClNO2S/c1-9(18)17-7-13-5-12-4-11(10-2-3-20-8-10)6-14(16)15(12)19-13/h2-4,6,8,13H,5,7H2,1H3,(H,17,18). The lowest BCUT2D eigenvalue weighted by molar-refractivity contribution is -0.119.